The predicted octanol–water partition coefficient (Wildman–Crippen LogP) is 2.08. The number of benzene rings is 1. The second kappa shape index (κ2) is 8.14. The molecule has 1 saturated heterocycles. The SMILES string of the molecule is Cc1ccc(NC(=O)[C@H]2CNC[C@@H](C(=O)NCc3cc(C4CC4)n[nH]3)C2)cc1. The number of rotatable bonds is 6. The number of hydrogen-bond donors (Lipinski definition) is 4. The number of aryl methyl sites for hydroxylation is 1. The minimum absolute atomic E-state index is 0.0251. The number of hydrogen-bond acceptors (Lipinski definition) is 4. The van der Waals surface area contributed by atoms with Gasteiger partial charge in [-0.05, 0) is 44.4 Å². The Kier molecular flexibility index (Phi) is 5.43. The topological polar surface area (TPSA) is 98.9 Å². The lowest BCUT2D eigenvalue weighted by atomic mass is 9.89. The molecule has 1 aromatic carbocycles. The first-order valence-corrected chi connectivity index (χ1v) is 9.98. The molecule has 148 valence electrons. The van der Waals surface area contributed by atoms with Crippen LogP contribution in [0.2, 0.25) is 0 Å². The third-order valence-electron chi connectivity index (χ3n) is 5.51. The molecule has 2 fully saturated rings. The number of nitrogens with zero attached hydrogens (tertiary/aromatic N) is 1. The van der Waals surface area contributed by atoms with Crippen molar-refractivity contribution in [2.24, 2.45) is 11.8 Å². The van der Waals surface area contributed by atoms with Crippen LogP contribution >= 0.6 is 0 Å². The van der Waals surface area contributed by atoms with Crippen LogP contribution in [0.4, 0.5) is 5.69 Å². The standard InChI is InChI=1S/C21H27N5O2/c1-13-2-6-17(7-3-13)24-21(28)16-8-15(10-22-11-16)20(27)23-12-18-9-19(26-25-18)14-4-5-14/h2-3,6-7,9,14-16,22H,4-5,8,10-12H2,1H3,(H,23,27)(H,24,28)(H,25,26)/t15-,16+/m0/s1. The third kappa shape index (κ3) is 4.59. The Balaban J connectivity index is 1.27. The highest BCUT2D eigenvalue weighted by Gasteiger charge is 2.31. The molecule has 2 aliphatic rings. The van der Waals surface area contributed by atoms with Crippen LogP contribution in [0.15, 0.2) is 30.3 Å². The van der Waals surface area contributed by atoms with Gasteiger partial charge in [0.05, 0.1) is 29.8 Å². The van der Waals surface area contributed by atoms with E-state index >= 15 is 0 Å². The molecule has 2 atom stereocenters. The largest absolute Gasteiger partial charge is 0.350 e. The fourth-order valence-corrected chi connectivity index (χ4v) is 3.61. The molecule has 2 aromatic rings. The lowest BCUT2D eigenvalue weighted by molar-refractivity contribution is -0.127. The van der Waals surface area contributed by atoms with Gasteiger partial charge in [0.15, 0.2) is 0 Å². The number of anilines is 1. The summed E-state index contributed by atoms with van der Waals surface area (Å²) in [6.45, 7) is 3.63. The van der Waals surface area contributed by atoms with E-state index in [2.05, 4.69) is 26.1 Å². The van der Waals surface area contributed by atoms with Gasteiger partial charge in [0, 0.05) is 24.7 Å². The number of aromatic amines is 1. The van der Waals surface area contributed by atoms with Gasteiger partial charge in [-0.25, -0.2) is 0 Å². The van der Waals surface area contributed by atoms with Crippen LogP contribution in [0.25, 0.3) is 0 Å². The van der Waals surface area contributed by atoms with Gasteiger partial charge in [0.2, 0.25) is 11.8 Å². The summed E-state index contributed by atoms with van der Waals surface area (Å²) in [6.07, 6.45) is 2.96. The van der Waals surface area contributed by atoms with Crippen LogP contribution in [0.3, 0.4) is 0 Å². The van der Waals surface area contributed by atoms with Gasteiger partial charge in [0.25, 0.3) is 0 Å². The lowest BCUT2D eigenvalue weighted by Crippen LogP contribution is -2.47. The summed E-state index contributed by atoms with van der Waals surface area (Å²) >= 11 is 0. The minimum atomic E-state index is -0.223. The number of carbonyl (C=O) groups excluding carboxylic acids is 2. The minimum Gasteiger partial charge on any atom is -0.350 e. The highest BCUT2D eigenvalue weighted by molar-refractivity contribution is 5.93. The van der Waals surface area contributed by atoms with Crippen molar-refractivity contribution in [3.63, 3.8) is 0 Å². The van der Waals surface area contributed by atoms with Crippen molar-refractivity contribution in [3.8, 4) is 0 Å². The zero-order valence-corrected chi connectivity index (χ0v) is 16.1. The molecule has 7 heteroatoms. The second-order valence-corrected chi connectivity index (χ2v) is 7.95. The van der Waals surface area contributed by atoms with Crippen molar-refractivity contribution in [3.05, 3.63) is 47.3 Å². The van der Waals surface area contributed by atoms with Gasteiger partial charge < -0.3 is 16.0 Å². The lowest BCUT2D eigenvalue weighted by Gasteiger charge is -2.28. The normalized spacial score (nSPS) is 21.9. The highest BCUT2D eigenvalue weighted by atomic mass is 16.2. The van der Waals surface area contributed by atoms with Crippen LogP contribution in [0.5, 0.6) is 0 Å². The fraction of sp³-hybridized carbons (Fsp3) is 0.476. The maximum atomic E-state index is 12.6. The summed E-state index contributed by atoms with van der Waals surface area (Å²) in [7, 11) is 0. The van der Waals surface area contributed by atoms with E-state index < -0.39 is 0 Å². The summed E-state index contributed by atoms with van der Waals surface area (Å²) in [6, 6.07) is 9.76. The maximum Gasteiger partial charge on any atom is 0.228 e. The number of aromatic nitrogens is 2. The van der Waals surface area contributed by atoms with E-state index in [9.17, 15) is 9.59 Å². The Hall–Kier alpha value is -2.67. The Labute approximate surface area is 164 Å². The van der Waals surface area contributed by atoms with E-state index in [1.165, 1.54) is 12.8 Å². The van der Waals surface area contributed by atoms with Crippen LogP contribution in [0.1, 0.15) is 42.1 Å². The van der Waals surface area contributed by atoms with Crippen molar-refractivity contribution in [2.75, 3.05) is 18.4 Å². The van der Waals surface area contributed by atoms with E-state index in [0.717, 1.165) is 22.6 Å². The average molecular weight is 381 g/mol. The van der Waals surface area contributed by atoms with Gasteiger partial charge in [-0.1, -0.05) is 17.7 Å². The molecule has 0 unspecified atom stereocenters. The van der Waals surface area contributed by atoms with Crippen LogP contribution in [-0.4, -0.2) is 35.1 Å². The van der Waals surface area contributed by atoms with Gasteiger partial charge in [0.1, 0.15) is 0 Å². The Morgan fingerprint density at radius 2 is 1.82 bits per heavy atom. The molecule has 28 heavy (non-hydrogen) atoms. The van der Waals surface area contributed by atoms with Crippen LogP contribution in [-0.2, 0) is 16.1 Å². The molecule has 1 aromatic heterocycles. The van der Waals surface area contributed by atoms with Crippen molar-refractivity contribution < 1.29 is 9.59 Å². The van der Waals surface area contributed by atoms with Gasteiger partial charge >= 0.3 is 0 Å². The molecule has 1 saturated carbocycles. The summed E-state index contributed by atoms with van der Waals surface area (Å²) in [4.78, 5) is 25.1. The van der Waals surface area contributed by atoms with Gasteiger partial charge in [-0.3, -0.25) is 14.7 Å². The molecular weight excluding hydrogens is 354 g/mol. The predicted molar refractivity (Wildman–Crippen MR) is 107 cm³/mol. The summed E-state index contributed by atoms with van der Waals surface area (Å²) in [5.41, 5.74) is 3.95. The van der Waals surface area contributed by atoms with Crippen molar-refractivity contribution in [1.29, 1.82) is 0 Å². The van der Waals surface area contributed by atoms with Crippen molar-refractivity contribution >= 4 is 17.5 Å². The zero-order valence-electron chi connectivity index (χ0n) is 16.1. The van der Waals surface area contributed by atoms with E-state index in [4.69, 9.17) is 0 Å². The molecule has 4 rings (SSSR count). The van der Waals surface area contributed by atoms with E-state index in [1.807, 2.05) is 37.3 Å². The quantitative estimate of drug-likeness (QED) is 0.616. The Morgan fingerprint density at radius 3 is 2.54 bits per heavy atom. The molecule has 0 spiro atoms. The van der Waals surface area contributed by atoms with E-state index in [-0.39, 0.29) is 23.7 Å². The molecule has 0 radical (unpaired) electrons. The van der Waals surface area contributed by atoms with Gasteiger partial charge in [-0.15, -0.1) is 0 Å². The van der Waals surface area contributed by atoms with Crippen molar-refractivity contribution in [1.82, 2.24) is 20.8 Å². The number of piperidine rings is 1. The first-order valence-electron chi connectivity index (χ1n) is 9.98. The first-order chi connectivity index (χ1) is 13.6. The van der Waals surface area contributed by atoms with Crippen molar-refractivity contribution in [2.45, 2.75) is 38.6 Å². The number of nitrogens with one attached hydrogen (secondary N) is 4. The molecule has 2 amide bonds. The second-order valence-electron chi connectivity index (χ2n) is 7.95. The Bertz CT molecular complexity index is 841. The molecule has 1 aliphatic heterocycles. The maximum absolute atomic E-state index is 12.6. The fourth-order valence-electron chi connectivity index (χ4n) is 3.61. The molecule has 2 heterocycles. The molecule has 4 N–H and O–H groups in total. The number of carbonyl (C=O) groups is 2. The monoisotopic (exact) mass is 381 g/mol. The third-order valence-corrected chi connectivity index (χ3v) is 5.51. The molecule has 0 bridgehead atoms. The molecular formula is C21H27N5O2. The molecule has 1 aliphatic carbocycles. The van der Waals surface area contributed by atoms with E-state index in [0.29, 0.717) is 32.0 Å². The van der Waals surface area contributed by atoms with Gasteiger partial charge in [-0.2, -0.15) is 5.10 Å². The number of H-pyrrole nitrogens is 1. The first kappa shape index (κ1) is 18.7. The van der Waals surface area contributed by atoms with Crippen LogP contribution < -0.4 is 16.0 Å². The van der Waals surface area contributed by atoms with Crippen LogP contribution in [0, 0.1) is 18.8 Å². The summed E-state index contributed by atoms with van der Waals surface area (Å²) in [5, 5.41) is 16.5. The molecule has 7 nitrogen and oxygen atoms in total. The Morgan fingerprint density at radius 1 is 1.11 bits per heavy atom. The number of amides is 2. The summed E-state index contributed by atoms with van der Waals surface area (Å²) in [5.74, 6) is 0.0863. The summed E-state index contributed by atoms with van der Waals surface area (Å²) < 4.78 is 0. The smallest absolute Gasteiger partial charge is 0.228 e. The average Bonchev–Trinajstić information content (AvgIpc) is 3.46. The van der Waals surface area contributed by atoms with E-state index in [1.54, 1.807) is 0 Å². The highest BCUT2D eigenvalue weighted by Crippen LogP contribution is 2.38. The zero-order chi connectivity index (χ0) is 19.5.